The minimum absolute atomic E-state index is 0.0823. The van der Waals surface area contributed by atoms with Gasteiger partial charge in [-0.05, 0) is 62.1 Å². The summed E-state index contributed by atoms with van der Waals surface area (Å²) in [7, 11) is 0. The van der Waals surface area contributed by atoms with E-state index in [-0.39, 0.29) is 29.8 Å². The number of carboxylic acid groups (broad SMARTS) is 1. The smallest absolute Gasteiger partial charge is 0.320 e. The number of carboxylic acids is 1. The lowest BCUT2D eigenvalue weighted by Crippen LogP contribution is -2.53. The number of carbonyl (C=O) groups excluding carboxylic acids is 1. The predicted octanol–water partition coefficient (Wildman–Crippen LogP) is 3.45. The Balaban J connectivity index is 1.41. The summed E-state index contributed by atoms with van der Waals surface area (Å²) >= 11 is 0. The maximum atomic E-state index is 13.2. The molecule has 0 spiro atoms. The van der Waals surface area contributed by atoms with Gasteiger partial charge in [-0.1, -0.05) is 12.1 Å². The monoisotopic (exact) mass is 360 g/mol. The standard InChI is InChI=1S/C20H25FN2O3/c21-16-3-1-13(2-4-16)15-11-17-5-6-18(12-15)23(17)20(26)22-9-7-14(8-10-22)19(24)25/h1-4,14-15,17-18H,5-12H2,(H,24,25)/t15?,17-,18+. The number of nitrogens with zero attached hydrogens (tertiary/aromatic N) is 2. The normalized spacial score (nSPS) is 29.0. The second kappa shape index (κ2) is 6.89. The first kappa shape index (κ1) is 17.3. The van der Waals surface area contributed by atoms with Crippen LogP contribution in [0.1, 0.15) is 50.0 Å². The molecule has 0 saturated carbocycles. The number of halogens is 1. The van der Waals surface area contributed by atoms with E-state index in [0.717, 1.165) is 31.2 Å². The average molecular weight is 360 g/mol. The quantitative estimate of drug-likeness (QED) is 0.879. The lowest BCUT2D eigenvalue weighted by atomic mass is 9.85. The highest BCUT2D eigenvalue weighted by Crippen LogP contribution is 2.43. The Morgan fingerprint density at radius 2 is 1.54 bits per heavy atom. The van der Waals surface area contributed by atoms with Gasteiger partial charge in [-0.2, -0.15) is 0 Å². The third-order valence-corrected chi connectivity index (χ3v) is 6.41. The van der Waals surface area contributed by atoms with E-state index >= 15 is 0 Å². The zero-order valence-corrected chi connectivity index (χ0v) is 14.8. The molecule has 26 heavy (non-hydrogen) atoms. The molecule has 140 valence electrons. The van der Waals surface area contributed by atoms with Gasteiger partial charge in [-0.25, -0.2) is 9.18 Å². The Bertz CT molecular complexity index is 671. The fraction of sp³-hybridized carbons (Fsp3) is 0.600. The van der Waals surface area contributed by atoms with Gasteiger partial charge >= 0.3 is 12.0 Å². The van der Waals surface area contributed by atoms with Crippen molar-refractivity contribution in [3.05, 3.63) is 35.6 Å². The van der Waals surface area contributed by atoms with E-state index in [0.29, 0.717) is 31.8 Å². The van der Waals surface area contributed by atoms with E-state index in [2.05, 4.69) is 4.90 Å². The number of benzene rings is 1. The molecule has 2 bridgehead atoms. The lowest BCUT2D eigenvalue weighted by molar-refractivity contribution is -0.143. The van der Waals surface area contributed by atoms with Crippen LogP contribution in [0.15, 0.2) is 24.3 Å². The molecule has 6 heteroatoms. The third kappa shape index (κ3) is 3.17. The molecule has 3 fully saturated rings. The first-order valence-electron chi connectivity index (χ1n) is 9.58. The molecule has 3 aliphatic heterocycles. The zero-order valence-electron chi connectivity index (χ0n) is 14.8. The van der Waals surface area contributed by atoms with E-state index in [9.17, 15) is 14.0 Å². The zero-order chi connectivity index (χ0) is 18.3. The minimum atomic E-state index is -0.753. The van der Waals surface area contributed by atoms with Gasteiger partial charge in [0.25, 0.3) is 0 Å². The molecule has 3 atom stereocenters. The van der Waals surface area contributed by atoms with Crippen molar-refractivity contribution >= 4 is 12.0 Å². The van der Waals surface area contributed by atoms with Gasteiger partial charge in [0.2, 0.25) is 0 Å². The van der Waals surface area contributed by atoms with Crippen LogP contribution >= 0.6 is 0 Å². The molecule has 3 heterocycles. The highest BCUT2D eigenvalue weighted by Gasteiger charge is 2.45. The van der Waals surface area contributed by atoms with E-state index in [1.54, 1.807) is 0 Å². The molecule has 1 N–H and O–H groups in total. The molecule has 3 saturated heterocycles. The highest BCUT2D eigenvalue weighted by molar-refractivity contribution is 5.76. The summed E-state index contributed by atoms with van der Waals surface area (Å²) in [6.07, 6.45) is 5.00. The van der Waals surface area contributed by atoms with Gasteiger partial charge in [-0.3, -0.25) is 4.79 Å². The first-order valence-corrected chi connectivity index (χ1v) is 9.58. The number of fused-ring (bicyclic) bond motifs is 2. The molecule has 0 aromatic heterocycles. The van der Waals surface area contributed by atoms with Crippen molar-refractivity contribution in [2.45, 2.75) is 56.5 Å². The van der Waals surface area contributed by atoms with E-state index < -0.39 is 5.97 Å². The van der Waals surface area contributed by atoms with Crippen LogP contribution in [-0.2, 0) is 4.79 Å². The number of urea groups is 1. The summed E-state index contributed by atoms with van der Waals surface area (Å²) in [6, 6.07) is 7.34. The average Bonchev–Trinajstić information content (AvgIpc) is 2.91. The van der Waals surface area contributed by atoms with Crippen LogP contribution in [-0.4, -0.2) is 52.1 Å². The number of likely N-dealkylation sites (tertiary alicyclic amines) is 1. The van der Waals surface area contributed by atoms with Crippen molar-refractivity contribution < 1.29 is 19.1 Å². The molecular weight excluding hydrogens is 335 g/mol. The van der Waals surface area contributed by atoms with Gasteiger partial charge in [-0.15, -0.1) is 0 Å². The van der Waals surface area contributed by atoms with Crippen LogP contribution < -0.4 is 0 Å². The highest BCUT2D eigenvalue weighted by atomic mass is 19.1. The van der Waals surface area contributed by atoms with Crippen molar-refractivity contribution in [1.82, 2.24) is 9.80 Å². The molecule has 5 nitrogen and oxygen atoms in total. The van der Waals surface area contributed by atoms with Gasteiger partial charge in [0.15, 0.2) is 0 Å². The fourth-order valence-electron chi connectivity index (χ4n) is 4.98. The molecule has 3 aliphatic rings. The molecule has 1 unspecified atom stereocenters. The molecule has 0 radical (unpaired) electrons. The Morgan fingerprint density at radius 1 is 0.962 bits per heavy atom. The molecular formula is C20H25FN2O3. The van der Waals surface area contributed by atoms with Crippen molar-refractivity contribution in [2.24, 2.45) is 5.92 Å². The van der Waals surface area contributed by atoms with Crippen LogP contribution in [0.2, 0.25) is 0 Å². The number of rotatable bonds is 2. The number of amides is 2. The van der Waals surface area contributed by atoms with E-state index in [1.165, 1.54) is 12.1 Å². The summed E-state index contributed by atoms with van der Waals surface area (Å²) in [5.41, 5.74) is 1.16. The summed E-state index contributed by atoms with van der Waals surface area (Å²) in [6.45, 7) is 1.07. The predicted molar refractivity (Wildman–Crippen MR) is 94.4 cm³/mol. The summed E-state index contributed by atoms with van der Waals surface area (Å²) < 4.78 is 13.2. The van der Waals surface area contributed by atoms with Gasteiger partial charge in [0, 0.05) is 25.2 Å². The van der Waals surface area contributed by atoms with Crippen LogP contribution in [0.4, 0.5) is 9.18 Å². The Labute approximate surface area is 152 Å². The number of hydrogen-bond acceptors (Lipinski definition) is 2. The Hall–Kier alpha value is -2.11. The van der Waals surface area contributed by atoms with Crippen LogP contribution in [0.25, 0.3) is 0 Å². The molecule has 1 aromatic rings. The SMILES string of the molecule is O=C(O)C1CCN(C(=O)N2[C@@H]3CC[C@H]2CC(c2ccc(F)cc2)C3)CC1. The fourth-order valence-corrected chi connectivity index (χ4v) is 4.98. The van der Waals surface area contributed by atoms with Gasteiger partial charge in [0.1, 0.15) is 5.82 Å². The number of aliphatic carboxylic acids is 1. The van der Waals surface area contributed by atoms with Crippen molar-refractivity contribution in [3.63, 3.8) is 0 Å². The van der Waals surface area contributed by atoms with E-state index in [4.69, 9.17) is 5.11 Å². The number of carbonyl (C=O) groups is 2. The Morgan fingerprint density at radius 3 is 2.08 bits per heavy atom. The maximum Gasteiger partial charge on any atom is 0.320 e. The molecule has 0 aliphatic carbocycles. The van der Waals surface area contributed by atoms with Crippen molar-refractivity contribution in [2.75, 3.05) is 13.1 Å². The number of hydrogen-bond donors (Lipinski definition) is 1. The lowest BCUT2D eigenvalue weighted by Gasteiger charge is -2.43. The van der Waals surface area contributed by atoms with Crippen LogP contribution in [0.3, 0.4) is 0 Å². The third-order valence-electron chi connectivity index (χ3n) is 6.41. The molecule has 2 amide bonds. The molecule has 1 aromatic carbocycles. The largest absolute Gasteiger partial charge is 0.481 e. The van der Waals surface area contributed by atoms with E-state index in [1.807, 2.05) is 17.0 Å². The van der Waals surface area contributed by atoms with Crippen molar-refractivity contribution in [3.8, 4) is 0 Å². The summed E-state index contributed by atoms with van der Waals surface area (Å²) in [5.74, 6) is -0.902. The number of piperidine rings is 2. The summed E-state index contributed by atoms with van der Waals surface area (Å²) in [5, 5.41) is 9.12. The Kier molecular flexibility index (Phi) is 4.59. The first-order chi connectivity index (χ1) is 12.5. The van der Waals surface area contributed by atoms with Crippen LogP contribution in [0.5, 0.6) is 0 Å². The summed E-state index contributed by atoms with van der Waals surface area (Å²) in [4.78, 5) is 28.0. The topological polar surface area (TPSA) is 60.9 Å². The van der Waals surface area contributed by atoms with Gasteiger partial charge in [0.05, 0.1) is 5.92 Å². The van der Waals surface area contributed by atoms with Crippen molar-refractivity contribution in [1.29, 1.82) is 0 Å². The second-order valence-electron chi connectivity index (χ2n) is 7.89. The van der Waals surface area contributed by atoms with Crippen LogP contribution in [0, 0.1) is 11.7 Å². The second-order valence-corrected chi connectivity index (χ2v) is 7.89. The van der Waals surface area contributed by atoms with Gasteiger partial charge < -0.3 is 14.9 Å². The molecule has 4 rings (SSSR count). The maximum absolute atomic E-state index is 13.2. The minimum Gasteiger partial charge on any atom is -0.481 e.